The van der Waals surface area contributed by atoms with Gasteiger partial charge in [0.15, 0.2) is 0 Å². The molecule has 1 N–H and O–H groups in total. The Labute approximate surface area is 180 Å². The number of phenols is 1. The van der Waals surface area contributed by atoms with Gasteiger partial charge in [0.25, 0.3) is 0 Å². The highest BCUT2D eigenvalue weighted by molar-refractivity contribution is 8.00. The van der Waals surface area contributed by atoms with Gasteiger partial charge in [0.1, 0.15) is 11.5 Å². The molecule has 154 valence electrons. The normalized spacial score (nSPS) is 17.6. The van der Waals surface area contributed by atoms with Crippen molar-refractivity contribution in [1.82, 2.24) is 0 Å². The highest BCUT2D eigenvalue weighted by Crippen LogP contribution is 2.47. The van der Waals surface area contributed by atoms with Crippen LogP contribution in [0, 0.1) is 0 Å². The third kappa shape index (κ3) is 4.46. The number of fused-ring (bicyclic) bond motifs is 1. The highest BCUT2D eigenvalue weighted by Gasteiger charge is 2.33. The Morgan fingerprint density at radius 2 is 1.83 bits per heavy atom. The molecule has 0 saturated heterocycles. The van der Waals surface area contributed by atoms with E-state index in [1.165, 1.54) is 17.3 Å². The SMILES string of the molecule is CCOC(=O)CSc1ccc(C2c3cc(O)ccc3OC[C@@H]2c2ccccc2)cc1. The molecule has 2 atom stereocenters. The maximum absolute atomic E-state index is 11.6. The molecule has 0 amide bonds. The maximum Gasteiger partial charge on any atom is 0.316 e. The van der Waals surface area contributed by atoms with E-state index < -0.39 is 0 Å². The fourth-order valence-electron chi connectivity index (χ4n) is 3.92. The number of esters is 1. The van der Waals surface area contributed by atoms with Crippen LogP contribution >= 0.6 is 11.8 Å². The van der Waals surface area contributed by atoms with Gasteiger partial charge in [-0.2, -0.15) is 0 Å². The molecule has 4 nitrogen and oxygen atoms in total. The predicted octanol–water partition coefficient (Wildman–Crippen LogP) is 5.36. The van der Waals surface area contributed by atoms with Gasteiger partial charge in [0, 0.05) is 22.3 Å². The van der Waals surface area contributed by atoms with E-state index in [0.717, 1.165) is 21.8 Å². The van der Waals surface area contributed by atoms with Crippen LogP contribution in [0.3, 0.4) is 0 Å². The van der Waals surface area contributed by atoms with Crippen LogP contribution in [0.15, 0.2) is 77.7 Å². The molecule has 1 heterocycles. The lowest BCUT2D eigenvalue weighted by Crippen LogP contribution is -2.25. The Hall–Kier alpha value is -2.92. The number of benzene rings is 3. The largest absolute Gasteiger partial charge is 0.508 e. The molecule has 5 heteroatoms. The summed E-state index contributed by atoms with van der Waals surface area (Å²) in [5.41, 5.74) is 3.35. The molecule has 4 rings (SSSR count). The van der Waals surface area contributed by atoms with Crippen LogP contribution in [0.2, 0.25) is 0 Å². The number of ether oxygens (including phenoxy) is 2. The summed E-state index contributed by atoms with van der Waals surface area (Å²) < 4.78 is 11.0. The summed E-state index contributed by atoms with van der Waals surface area (Å²) >= 11 is 1.47. The van der Waals surface area contributed by atoms with Gasteiger partial charge in [-0.1, -0.05) is 42.5 Å². The molecule has 0 radical (unpaired) electrons. The van der Waals surface area contributed by atoms with E-state index in [4.69, 9.17) is 9.47 Å². The van der Waals surface area contributed by atoms with E-state index in [2.05, 4.69) is 24.3 Å². The van der Waals surface area contributed by atoms with Crippen molar-refractivity contribution in [3.05, 3.63) is 89.5 Å². The second kappa shape index (κ2) is 9.26. The smallest absolute Gasteiger partial charge is 0.316 e. The van der Waals surface area contributed by atoms with E-state index in [1.54, 1.807) is 12.1 Å². The molecular formula is C25H24O4S. The van der Waals surface area contributed by atoms with Crippen molar-refractivity contribution < 1.29 is 19.4 Å². The van der Waals surface area contributed by atoms with Crippen molar-refractivity contribution in [3.8, 4) is 11.5 Å². The number of thioether (sulfide) groups is 1. The number of aromatic hydroxyl groups is 1. The van der Waals surface area contributed by atoms with Crippen LogP contribution in [0.25, 0.3) is 0 Å². The van der Waals surface area contributed by atoms with E-state index in [0.29, 0.717) is 19.0 Å². The second-order valence-electron chi connectivity index (χ2n) is 7.19. The van der Waals surface area contributed by atoms with E-state index in [1.807, 2.05) is 43.3 Å². The Balaban J connectivity index is 1.65. The molecular weight excluding hydrogens is 396 g/mol. The van der Waals surface area contributed by atoms with Crippen LogP contribution in [0.4, 0.5) is 0 Å². The lowest BCUT2D eigenvalue weighted by molar-refractivity contribution is -0.139. The monoisotopic (exact) mass is 420 g/mol. The number of rotatable bonds is 6. The van der Waals surface area contributed by atoms with Crippen LogP contribution in [-0.2, 0) is 9.53 Å². The molecule has 0 fully saturated rings. The number of phenolic OH excluding ortho intramolecular Hbond substituents is 1. The summed E-state index contributed by atoms with van der Waals surface area (Å²) in [5, 5.41) is 10.1. The van der Waals surface area contributed by atoms with E-state index in [-0.39, 0.29) is 23.6 Å². The fraction of sp³-hybridized carbons (Fsp3) is 0.240. The van der Waals surface area contributed by atoms with Gasteiger partial charge in [0.05, 0.1) is 19.0 Å². The molecule has 1 aliphatic rings. The first-order valence-electron chi connectivity index (χ1n) is 10.0. The molecule has 0 aromatic heterocycles. The molecule has 30 heavy (non-hydrogen) atoms. The maximum atomic E-state index is 11.6. The van der Waals surface area contributed by atoms with Crippen LogP contribution < -0.4 is 4.74 Å². The standard InChI is InChI=1S/C25H24O4S/c1-2-28-24(27)16-30-20-11-8-18(9-12-20)25-21-14-19(26)10-13-23(21)29-15-22(25)17-6-4-3-5-7-17/h3-14,22,25-26H,2,15-16H2,1H3/t22-,25?/m1/s1. The number of hydrogen-bond acceptors (Lipinski definition) is 5. The van der Waals surface area contributed by atoms with Crippen molar-refractivity contribution in [3.63, 3.8) is 0 Å². The highest BCUT2D eigenvalue weighted by atomic mass is 32.2. The summed E-state index contributed by atoms with van der Waals surface area (Å²) in [4.78, 5) is 12.6. The van der Waals surface area contributed by atoms with E-state index >= 15 is 0 Å². The van der Waals surface area contributed by atoms with Gasteiger partial charge in [-0.05, 0) is 48.4 Å². The molecule has 1 aliphatic heterocycles. The lowest BCUT2D eigenvalue weighted by atomic mass is 9.76. The van der Waals surface area contributed by atoms with E-state index in [9.17, 15) is 9.90 Å². The zero-order valence-corrected chi connectivity index (χ0v) is 17.6. The molecule has 0 saturated carbocycles. The molecule has 0 aliphatic carbocycles. The summed E-state index contributed by atoms with van der Waals surface area (Å²) in [5.74, 6) is 1.34. The molecule has 1 unspecified atom stereocenters. The summed E-state index contributed by atoms with van der Waals surface area (Å²) in [6.45, 7) is 2.78. The zero-order chi connectivity index (χ0) is 20.9. The van der Waals surface area contributed by atoms with Crippen molar-refractivity contribution in [2.75, 3.05) is 19.0 Å². The zero-order valence-electron chi connectivity index (χ0n) is 16.8. The minimum absolute atomic E-state index is 0.0624. The Morgan fingerprint density at radius 1 is 1.07 bits per heavy atom. The molecule has 3 aromatic carbocycles. The Morgan fingerprint density at radius 3 is 2.57 bits per heavy atom. The van der Waals surface area contributed by atoms with Gasteiger partial charge < -0.3 is 14.6 Å². The average Bonchev–Trinajstić information content (AvgIpc) is 2.78. The van der Waals surface area contributed by atoms with Crippen molar-refractivity contribution in [2.24, 2.45) is 0 Å². The van der Waals surface area contributed by atoms with Crippen LogP contribution in [0.1, 0.15) is 35.4 Å². The minimum Gasteiger partial charge on any atom is -0.508 e. The predicted molar refractivity (Wildman–Crippen MR) is 118 cm³/mol. The lowest BCUT2D eigenvalue weighted by Gasteiger charge is -2.34. The Bertz CT molecular complexity index is 1000. The van der Waals surface area contributed by atoms with Gasteiger partial charge in [0.2, 0.25) is 0 Å². The summed E-state index contributed by atoms with van der Waals surface area (Å²) in [6, 6.07) is 23.9. The fourth-order valence-corrected chi connectivity index (χ4v) is 4.62. The van der Waals surface area contributed by atoms with Gasteiger partial charge in [-0.15, -0.1) is 11.8 Å². The number of hydrogen-bond donors (Lipinski definition) is 1. The number of carbonyl (C=O) groups excluding carboxylic acids is 1. The summed E-state index contributed by atoms with van der Waals surface area (Å²) in [6.07, 6.45) is 0. The molecule has 3 aromatic rings. The minimum atomic E-state index is -0.204. The van der Waals surface area contributed by atoms with Gasteiger partial charge >= 0.3 is 5.97 Å². The van der Waals surface area contributed by atoms with Crippen molar-refractivity contribution >= 4 is 17.7 Å². The van der Waals surface area contributed by atoms with Gasteiger partial charge in [-0.25, -0.2) is 0 Å². The molecule has 0 bridgehead atoms. The van der Waals surface area contributed by atoms with Crippen molar-refractivity contribution in [1.29, 1.82) is 0 Å². The third-order valence-electron chi connectivity index (χ3n) is 5.28. The number of carbonyl (C=O) groups is 1. The average molecular weight is 421 g/mol. The van der Waals surface area contributed by atoms with Crippen molar-refractivity contribution in [2.45, 2.75) is 23.7 Å². The second-order valence-corrected chi connectivity index (χ2v) is 8.24. The first-order chi connectivity index (χ1) is 14.7. The third-order valence-corrected chi connectivity index (χ3v) is 6.26. The summed E-state index contributed by atoms with van der Waals surface area (Å²) in [7, 11) is 0. The van der Waals surface area contributed by atoms with Gasteiger partial charge in [-0.3, -0.25) is 4.79 Å². The topological polar surface area (TPSA) is 55.8 Å². The first kappa shape index (κ1) is 20.4. The van der Waals surface area contributed by atoms with Crippen LogP contribution in [0.5, 0.6) is 11.5 Å². The first-order valence-corrected chi connectivity index (χ1v) is 11.0. The Kier molecular flexibility index (Phi) is 6.29. The quantitative estimate of drug-likeness (QED) is 0.430. The van der Waals surface area contributed by atoms with Crippen LogP contribution in [-0.4, -0.2) is 30.0 Å². The molecule has 0 spiro atoms.